The molecule has 4 rings (SSSR count). The molecule has 0 amide bonds. The zero-order chi connectivity index (χ0) is 13.0. The van der Waals surface area contributed by atoms with Crippen molar-refractivity contribution in [2.24, 2.45) is 17.8 Å². The fourth-order valence-electron chi connectivity index (χ4n) is 4.74. The topological polar surface area (TPSA) is 3.24 Å². The van der Waals surface area contributed by atoms with E-state index in [1.165, 1.54) is 5.69 Å². The molecule has 1 aromatic rings. The Labute approximate surface area is 115 Å². The highest BCUT2D eigenvalue weighted by atomic mass is 15.2. The van der Waals surface area contributed by atoms with E-state index in [9.17, 15) is 0 Å². The lowest BCUT2D eigenvalue weighted by atomic mass is 9.84. The SMILES string of the molecule is CCN1c2ccccc2C2C(C)C3C=CC=CC3C21. The normalized spacial score (nSPS) is 38.2. The van der Waals surface area contributed by atoms with Crippen LogP contribution in [0, 0.1) is 17.8 Å². The summed E-state index contributed by atoms with van der Waals surface area (Å²) >= 11 is 0. The summed E-state index contributed by atoms with van der Waals surface area (Å²) in [5.41, 5.74) is 3.06. The van der Waals surface area contributed by atoms with Crippen molar-refractivity contribution in [2.75, 3.05) is 11.4 Å². The van der Waals surface area contributed by atoms with E-state index in [0.717, 1.165) is 18.4 Å². The second-order valence-electron chi connectivity index (χ2n) is 6.14. The monoisotopic (exact) mass is 251 g/mol. The molecule has 5 unspecified atom stereocenters. The van der Waals surface area contributed by atoms with Gasteiger partial charge in [-0.15, -0.1) is 0 Å². The number of likely N-dealkylation sites (N-methyl/N-ethyl adjacent to an activating group) is 1. The van der Waals surface area contributed by atoms with Crippen molar-refractivity contribution in [1.82, 2.24) is 0 Å². The van der Waals surface area contributed by atoms with Crippen LogP contribution in [0.25, 0.3) is 0 Å². The summed E-state index contributed by atoms with van der Waals surface area (Å²) in [7, 11) is 0. The van der Waals surface area contributed by atoms with Crippen LogP contribution in [-0.2, 0) is 0 Å². The summed E-state index contributed by atoms with van der Waals surface area (Å²) in [6.07, 6.45) is 9.36. The molecule has 98 valence electrons. The van der Waals surface area contributed by atoms with E-state index in [0.29, 0.717) is 17.9 Å². The molecule has 1 aliphatic heterocycles. The second-order valence-corrected chi connectivity index (χ2v) is 6.14. The lowest BCUT2D eigenvalue weighted by Gasteiger charge is -2.31. The highest BCUT2D eigenvalue weighted by molar-refractivity contribution is 5.64. The predicted octanol–water partition coefficient (Wildman–Crippen LogP) is 3.99. The van der Waals surface area contributed by atoms with Gasteiger partial charge in [-0.05, 0) is 30.4 Å². The molecule has 1 nitrogen and oxygen atoms in total. The Kier molecular flexibility index (Phi) is 2.38. The molecule has 1 heteroatoms. The predicted molar refractivity (Wildman–Crippen MR) is 80.4 cm³/mol. The molecule has 0 N–H and O–H groups in total. The summed E-state index contributed by atoms with van der Waals surface area (Å²) in [4.78, 5) is 2.64. The third-order valence-electron chi connectivity index (χ3n) is 5.46. The van der Waals surface area contributed by atoms with Crippen molar-refractivity contribution < 1.29 is 0 Å². The molecule has 1 aromatic carbocycles. The Morgan fingerprint density at radius 1 is 1.05 bits per heavy atom. The molecule has 3 aliphatic rings. The van der Waals surface area contributed by atoms with Crippen molar-refractivity contribution in [3.63, 3.8) is 0 Å². The van der Waals surface area contributed by atoms with Gasteiger partial charge in [-0.25, -0.2) is 0 Å². The number of benzene rings is 1. The highest BCUT2D eigenvalue weighted by Gasteiger charge is 2.53. The molecule has 1 fully saturated rings. The van der Waals surface area contributed by atoms with Crippen LogP contribution in [0.2, 0.25) is 0 Å². The van der Waals surface area contributed by atoms with Crippen LogP contribution in [0.4, 0.5) is 5.69 Å². The summed E-state index contributed by atoms with van der Waals surface area (Å²) in [6, 6.07) is 9.71. The summed E-state index contributed by atoms with van der Waals surface area (Å²) in [5, 5.41) is 0. The van der Waals surface area contributed by atoms with Crippen LogP contribution in [0.15, 0.2) is 48.6 Å². The maximum atomic E-state index is 2.64. The summed E-state index contributed by atoms with van der Waals surface area (Å²) < 4.78 is 0. The minimum absolute atomic E-state index is 0.670. The molecule has 5 atom stereocenters. The van der Waals surface area contributed by atoms with Gasteiger partial charge in [-0.2, -0.15) is 0 Å². The maximum absolute atomic E-state index is 2.64. The Balaban J connectivity index is 1.86. The Hall–Kier alpha value is -1.50. The molecule has 19 heavy (non-hydrogen) atoms. The van der Waals surface area contributed by atoms with Gasteiger partial charge in [0.2, 0.25) is 0 Å². The first-order valence-electron chi connectivity index (χ1n) is 7.53. The molecule has 0 radical (unpaired) electrons. The van der Waals surface area contributed by atoms with Gasteiger partial charge < -0.3 is 4.90 Å². The molecule has 0 spiro atoms. The van der Waals surface area contributed by atoms with Gasteiger partial charge in [-0.3, -0.25) is 0 Å². The molecular formula is C18H21N. The third kappa shape index (κ3) is 1.36. The van der Waals surface area contributed by atoms with Gasteiger partial charge in [0.1, 0.15) is 0 Å². The first-order chi connectivity index (χ1) is 9.33. The van der Waals surface area contributed by atoms with Crippen LogP contribution < -0.4 is 4.90 Å². The number of fused-ring (bicyclic) bond motifs is 5. The van der Waals surface area contributed by atoms with Gasteiger partial charge in [0.25, 0.3) is 0 Å². The van der Waals surface area contributed by atoms with Crippen LogP contribution in [0.3, 0.4) is 0 Å². The molecule has 0 bridgehead atoms. The zero-order valence-corrected chi connectivity index (χ0v) is 11.7. The van der Waals surface area contributed by atoms with Crippen LogP contribution in [0.5, 0.6) is 0 Å². The molecular weight excluding hydrogens is 230 g/mol. The van der Waals surface area contributed by atoms with Gasteiger partial charge in [0.05, 0.1) is 0 Å². The van der Waals surface area contributed by atoms with Crippen molar-refractivity contribution in [3.8, 4) is 0 Å². The molecule has 1 saturated carbocycles. The number of anilines is 1. The summed E-state index contributed by atoms with van der Waals surface area (Å²) in [6.45, 7) is 5.85. The van der Waals surface area contributed by atoms with Crippen LogP contribution in [-0.4, -0.2) is 12.6 Å². The standard InChI is InChI=1S/C18H21N/c1-3-19-16-11-7-6-10-15(16)17-12(2)13-8-4-5-9-14(13)18(17)19/h4-14,17-18H,3H2,1-2H3. The van der Waals surface area contributed by atoms with Crippen molar-refractivity contribution >= 4 is 5.69 Å². The number of para-hydroxylation sites is 1. The van der Waals surface area contributed by atoms with Gasteiger partial charge in [-0.1, -0.05) is 49.4 Å². The van der Waals surface area contributed by atoms with Crippen molar-refractivity contribution in [1.29, 1.82) is 0 Å². The quantitative estimate of drug-likeness (QED) is 0.729. The highest BCUT2D eigenvalue weighted by Crippen LogP contribution is 2.57. The number of hydrogen-bond donors (Lipinski definition) is 0. The first-order valence-corrected chi connectivity index (χ1v) is 7.53. The van der Waals surface area contributed by atoms with Crippen LogP contribution >= 0.6 is 0 Å². The van der Waals surface area contributed by atoms with Gasteiger partial charge in [0, 0.05) is 30.1 Å². The average molecular weight is 251 g/mol. The minimum Gasteiger partial charge on any atom is -0.367 e. The van der Waals surface area contributed by atoms with Crippen LogP contribution in [0.1, 0.15) is 25.3 Å². The van der Waals surface area contributed by atoms with E-state index in [2.05, 4.69) is 67.3 Å². The van der Waals surface area contributed by atoms with Crippen molar-refractivity contribution in [2.45, 2.75) is 25.8 Å². The maximum Gasteiger partial charge on any atom is 0.0430 e. The number of nitrogens with zero attached hydrogens (tertiary/aromatic N) is 1. The van der Waals surface area contributed by atoms with E-state index in [1.807, 2.05) is 0 Å². The Bertz CT molecular complexity index is 557. The van der Waals surface area contributed by atoms with Gasteiger partial charge >= 0.3 is 0 Å². The zero-order valence-electron chi connectivity index (χ0n) is 11.7. The average Bonchev–Trinajstić information content (AvgIpc) is 2.94. The first kappa shape index (κ1) is 11.3. The summed E-state index contributed by atoms with van der Waals surface area (Å²) in [5.74, 6) is 2.87. The van der Waals surface area contributed by atoms with E-state index >= 15 is 0 Å². The number of allylic oxidation sites excluding steroid dienone is 3. The minimum atomic E-state index is 0.670. The van der Waals surface area contributed by atoms with E-state index in [4.69, 9.17) is 0 Å². The van der Waals surface area contributed by atoms with E-state index < -0.39 is 0 Å². The lowest BCUT2D eigenvalue weighted by molar-refractivity contribution is 0.428. The fourth-order valence-corrected chi connectivity index (χ4v) is 4.74. The van der Waals surface area contributed by atoms with E-state index in [-0.39, 0.29) is 0 Å². The smallest absolute Gasteiger partial charge is 0.0430 e. The fraction of sp³-hybridized carbons (Fsp3) is 0.444. The largest absolute Gasteiger partial charge is 0.367 e. The Morgan fingerprint density at radius 3 is 2.58 bits per heavy atom. The molecule has 2 aliphatic carbocycles. The lowest BCUT2D eigenvalue weighted by Crippen LogP contribution is -2.37. The molecule has 0 aromatic heterocycles. The van der Waals surface area contributed by atoms with Gasteiger partial charge in [0.15, 0.2) is 0 Å². The molecule has 0 saturated heterocycles. The number of hydrogen-bond acceptors (Lipinski definition) is 1. The second kappa shape index (κ2) is 4.00. The number of rotatable bonds is 1. The third-order valence-corrected chi connectivity index (χ3v) is 5.46. The van der Waals surface area contributed by atoms with Crippen molar-refractivity contribution in [3.05, 3.63) is 54.1 Å². The molecule has 1 heterocycles. The Morgan fingerprint density at radius 2 is 1.79 bits per heavy atom. The van der Waals surface area contributed by atoms with E-state index in [1.54, 1.807) is 5.56 Å².